The van der Waals surface area contributed by atoms with Crippen molar-refractivity contribution in [1.29, 1.82) is 0 Å². The Morgan fingerprint density at radius 2 is 1.37 bits per heavy atom. The van der Waals surface area contributed by atoms with Crippen LogP contribution < -0.4 is 0 Å². The van der Waals surface area contributed by atoms with Gasteiger partial charge in [0.1, 0.15) is 36.6 Å². The second-order valence-electron chi connectivity index (χ2n) is 15.6. The molecular weight excluding hydrogens is 862 g/mol. The summed E-state index contributed by atoms with van der Waals surface area (Å²) in [4.78, 5) is 42.8. The summed E-state index contributed by atoms with van der Waals surface area (Å²) in [7, 11) is 1.48. The van der Waals surface area contributed by atoms with Gasteiger partial charge in [-0.25, -0.2) is 9.69 Å². The highest BCUT2D eigenvalue weighted by Crippen LogP contribution is 2.40. The van der Waals surface area contributed by atoms with Gasteiger partial charge in [0, 0.05) is 20.1 Å². The highest BCUT2D eigenvalue weighted by atomic mass is 79.9. The van der Waals surface area contributed by atoms with Crippen molar-refractivity contribution >= 4 is 33.7 Å². The number of hydrogen-bond acceptors (Lipinski definition) is 12. The molecule has 4 aromatic rings. The SMILES string of the molecule is CO[C@H]1O[C@H](CO)[C@@H](OCc2ccccc2)[C@H](OCc2ccccc2)[C@@H]1OCCC[C@@]1(O)O[C@@H]([C@H](Cc2ccccc2)C(=O)N2C(=O)O[C@H](c3ccccc3)[C@@H]2C)C(=O)C=C1Br. The summed E-state index contributed by atoms with van der Waals surface area (Å²) in [6.07, 6.45) is -5.68. The lowest BCUT2D eigenvalue weighted by Gasteiger charge is -2.45. The molecule has 0 radical (unpaired) electrons. The van der Waals surface area contributed by atoms with E-state index in [2.05, 4.69) is 15.9 Å². The van der Waals surface area contributed by atoms with Crippen LogP contribution in [0, 0.1) is 5.92 Å². The monoisotopic (exact) mass is 913 g/mol. The maximum absolute atomic E-state index is 14.6. The molecule has 3 aliphatic rings. The molecular formula is C48H52BrNO12. The van der Waals surface area contributed by atoms with Crippen molar-refractivity contribution < 1.29 is 57.8 Å². The molecule has 3 aliphatic heterocycles. The fourth-order valence-electron chi connectivity index (χ4n) is 8.17. The number of ketones is 1. The maximum atomic E-state index is 14.6. The van der Waals surface area contributed by atoms with Crippen LogP contribution in [0.5, 0.6) is 0 Å². The van der Waals surface area contributed by atoms with Crippen molar-refractivity contribution in [3.05, 3.63) is 154 Å². The lowest BCUT2D eigenvalue weighted by Crippen LogP contribution is -2.61. The average molecular weight is 915 g/mol. The van der Waals surface area contributed by atoms with Gasteiger partial charge in [0.2, 0.25) is 5.91 Å². The lowest BCUT2D eigenvalue weighted by molar-refractivity contribution is -0.320. The fraction of sp³-hybridized carbons (Fsp3) is 0.396. The highest BCUT2D eigenvalue weighted by Gasteiger charge is 2.52. The van der Waals surface area contributed by atoms with Gasteiger partial charge in [0.05, 0.1) is 36.3 Å². The average Bonchev–Trinajstić information content (AvgIpc) is 3.60. The minimum absolute atomic E-state index is 0.0417. The van der Waals surface area contributed by atoms with Crippen LogP contribution in [0.15, 0.2) is 132 Å². The molecule has 14 heteroatoms. The number of halogens is 1. The molecule has 3 heterocycles. The molecule has 2 amide bonds. The number of aliphatic hydroxyl groups excluding tert-OH is 1. The molecule has 13 nitrogen and oxygen atoms in total. The minimum atomic E-state index is -2.04. The number of cyclic esters (lactones) is 1. The fourth-order valence-corrected chi connectivity index (χ4v) is 8.68. The standard InChI is InChI=1S/C48H52BrNO12/c1-31-40(35-22-13-6-14-23-35)61-47(54)50(31)45(53)36(26-32-16-7-3-8-17-32)41-37(52)27-39(49)48(55,62-41)24-15-25-57-44-43(59-30-34-20-11-5-12-21-34)42(38(28-51)60-46(44)56-2)58-29-33-18-9-4-10-19-33/h3-14,16-23,27,31,36,38,40-44,46,51,55H,15,24-26,28-30H2,1-2H3/t31-,36-,38+,40-,41-,42+,43-,44-,46-,48+/m0/s1. The number of aliphatic hydroxyl groups is 2. The van der Waals surface area contributed by atoms with Crippen LogP contribution in [0.4, 0.5) is 4.79 Å². The number of ether oxygens (including phenoxy) is 7. The number of hydrogen-bond donors (Lipinski definition) is 2. The number of amides is 2. The second-order valence-corrected chi connectivity index (χ2v) is 16.5. The van der Waals surface area contributed by atoms with E-state index in [0.29, 0.717) is 0 Å². The first-order valence-corrected chi connectivity index (χ1v) is 21.6. The lowest BCUT2D eigenvalue weighted by atomic mass is 9.87. The Balaban J connectivity index is 1.08. The van der Waals surface area contributed by atoms with Crippen molar-refractivity contribution in [3.8, 4) is 0 Å². The van der Waals surface area contributed by atoms with E-state index in [1.807, 2.05) is 121 Å². The van der Waals surface area contributed by atoms with Crippen LogP contribution in [-0.4, -0.2) is 102 Å². The Labute approximate surface area is 369 Å². The molecule has 4 aromatic carbocycles. The summed E-state index contributed by atoms with van der Waals surface area (Å²) in [5.41, 5.74) is 3.30. The molecule has 62 heavy (non-hydrogen) atoms. The number of benzene rings is 4. The van der Waals surface area contributed by atoms with Gasteiger partial charge in [-0.15, -0.1) is 0 Å². The van der Waals surface area contributed by atoms with E-state index in [4.69, 9.17) is 33.2 Å². The van der Waals surface area contributed by atoms with Crippen LogP contribution >= 0.6 is 15.9 Å². The third-order valence-electron chi connectivity index (χ3n) is 11.4. The summed E-state index contributed by atoms with van der Waals surface area (Å²) in [6, 6.07) is 36.8. The topological polar surface area (TPSA) is 160 Å². The Bertz CT molecular complexity index is 2110. The van der Waals surface area contributed by atoms with E-state index in [1.54, 1.807) is 6.92 Å². The first-order valence-electron chi connectivity index (χ1n) is 20.8. The van der Waals surface area contributed by atoms with Gasteiger partial charge < -0.3 is 43.4 Å². The van der Waals surface area contributed by atoms with E-state index in [0.717, 1.165) is 27.2 Å². The minimum Gasteiger partial charge on any atom is -0.439 e. The molecule has 0 bridgehead atoms. The van der Waals surface area contributed by atoms with Gasteiger partial charge in [0.25, 0.3) is 0 Å². The van der Waals surface area contributed by atoms with Gasteiger partial charge in [-0.05, 0) is 64.0 Å². The van der Waals surface area contributed by atoms with E-state index in [9.17, 15) is 24.6 Å². The van der Waals surface area contributed by atoms with E-state index >= 15 is 0 Å². The Hall–Kier alpha value is -4.61. The third-order valence-corrected chi connectivity index (χ3v) is 12.3. The maximum Gasteiger partial charge on any atom is 0.417 e. The molecule has 2 saturated heterocycles. The normalized spacial score (nSPS) is 28.0. The van der Waals surface area contributed by atoms with Gasteiger partial charge in [0.15, 0.2) is 17.9 Å². The molecule has 0 aliphatic carbocycles. The van der Waals surface area contributed by atoms with Crippen molar-refractivity contribution in [2.24, 2.45) is 5.92 Å². The number of methoxy groups -OCH3 is 1. The van der Waals surface area contributed by atoms with Crippen molar-refractivity contribution in [2.75, 3.05) is 20.3 Å². The van der Waals surface area contributed by atoms with Crippen LogP contribution in [0.25, 0.3) is 0 Å². The largest absolute Gasteiger partial charge is 0.439 e. The van der Waals surface area contributed by atoms with E-state index < -0.39 is 78.4 Å². The number of nitrogens with zero attached hydrogens (tertiary/aromatic N) is 1. The molecule has 2 N–H and O–H groups in total. The Morgan fingerprint density at radius 3 is 1.95 bits per heavy atom. The van der Waals surface area contributed by atoms with Crippen LogP contribution in [0.1, 0.15) is 48.1 Å². The zero-order valence-electron chi connectivity index (χ0n) is 34.6. The molecule has 328 valence electrons. The molecule has 0 aromatic heterocycles. The smallest absolute Gasteiger partial charge is 0.417 e. The van der Waals surface area contributed by atoms with Gasteiger partial charge in [-0.1, -0.05) is 121 Å². The van der Waals surface area contributed by atoms with Crippen molar-refractivity contribution in [3.63, 3.8) is 0 Å². The van der Waals surface area contributed by atoms with Crippen molar-refractivity contribution in [1.82, 2.24) is 4.90 Å². The summed E-state index contributed by atoms with van der Waals surface area (Å²) in [6.45, 7) is 1.85. The molecule has 10 atom stereocenters. The molecule has 0 unspecified atom stereocenters. The summed E-state index contributed by atoms with van der Waals surface area (Å²) in [5.74, 6) is -4.45. The Morgan fingerprint density at radius 1 is 0.806 bits per heavy atom. The van der Waals surface area contributed by atoms with Gasteiger partial charge in [-0.2, -0.15) is 0 Å². The van der Waals surface area contributed by atoms with Crippen LogP contribution in [0.3, 0.4) is 0 Å². The van der Waals surface area contributed by atoms with Crippen LogP contribution in [0.2, 0.25) is 0 Å². The first kappa shape index (κ1) is 45.4. The first-order chi connectivity index (χ1) is 30.1. The number of carbonyl (C=O) groups excluding carboxylic acids is 3. The third kappa shape index (κ3) is 10.6. The predicted octanol–water partition coefficient (Wildman–Crippen LogP) is 6.59. The summed E-state index contributed by atoms with van der Waals surface area (Å²) >= 11 is 3.37. The van der Waals surface area contributed by atoms with Crippen LogP contribution in [-0.2, 0) is 62.4 Å². The van der Waals surface area contributed by atoms with Crippen molar-refractivity contribution in [2.45, 2.75) is 94.1 Å². The zero-order valence-corrected chi connectivity index (χ0v) is 36.2. The summed E-state index contributed by atoms with van der Waals surface area (Å²) in [5, 5.41) is 22.5. The van der Waals surface area contributed by atoms with Gasteiger partial charge >= 0.3 is 6.09 Å². The summed E-state index contributed by atoms with van der Waals surface area (Å²) < 4.78 is 43.4. The Kier molecular flexibility index (Phi) is 15.5. The number of carbonyl (C=O) groups is 3. The second kappa shape index (κ2) is 21.2. The van der Waals surface area contributed by atoms with E-state index in [-0.39, 0.29) is 50.2 Å². The molecule has 0 spiro atoms. The quantitative estimate of drug-likeness (QED) is 0.103. The van der Waals surface area contributed by atoms with Gasteiger partial charge in [-0.3, -0.25) is 9.59 Å². The molecule has 0 saturated carbocycles. The predicted molar refractivity (Wildman–Crippen MR) is 229 cm³/mol. The molecule has 7 rings (SSSR count). The van der Waals surface area contributed by atoms with E-state index in [1.165, 1.54) is 13.2 Å². The number of imide groups is 1. The zero-order chi connectivity index (χ0) is 43.6. The molecule has 2 fully saturated rings. The number of rotatable bonds is 18. The highest BCUT2D eigenvalue weighted by molar-refractivity contribution is 9.11.